The lowest BCUT2D eigenvalue weighted by Crippen LogP contribution is -2.51. The molecule has 1 aromatic rings. The van der Waals surface area contributed by atoms with Crippen molar-refractivity contribution < 1.29 is 0 Å². The van der Waals surface area contributed by atoms with E-state index < -0.39 is 0 Å². The first-order valence-corrected chi connectivity index (χ1v) is 7.86. The average Bonchev–Trinajstić information content (AvgIpc) is 3.25. The molecular weight excluding hydrogens is 246 g/mol. The zero-order valence-electron chi connectivity index (χ0n) is 12.7. The highest BCUT2D eigenvalue weighted by Crippen LogP contribution is 2.49. The molecule has 1 saturated carbocycles. The van der Waals surface area contributed by atoms with Gasteiger partial charge in [0.1, 0.15) is 0 Å². The van der Waals surface area contributed by atoms with Gasteiger partial charge in [0.25, 0.3) is 0 Å². The molecule has 2 aliphatic rings. The van der Waals surface area contributed by atoms with E-state index in [0.717, 1.165) is 6.54 Å². The third kappa shape index (κ3) is 2.90. The van der Waals surface area contributed by atoms with Crippen molar-refractivity contribution in [2.75, 3.05) is 33.7 Å². The van der Waals surface area contributed by atoms with E-state index in [1.165, 1.54) is 31.5 Å². The van der Waals surface area contributed by atoms with E-state index in [2.05, 4.69) is 54.2 Å². The molecule has 0 radical (unpaired) electrons. The van der Waals surface area contributed by atoms with Crippen LogP contribution in [0.2, 0.25) is 0 Å². The first-order chi connectivity index (χ1) is 9.66. The maximum absolute atomic E-state index is 6.64. The van der Waals surface area contributed by atoms with Gasteiger partial charge in [-0.1, -0.05) is 30.3 Å². The van der Waals surface area contributed by atoms with E-state index in [-0.39, 0.29) is 0 Å². The van der Waals surface area contributed by atoms with Crippen LogP contribution in [0.25, 0.3) is 0 Å². The largest absolute Gasteiger partial charge is 0.326 e. The van der Waals surface area contributed by atoms with Crippen molar-refractivity contribution in [3.63, 3.8) is 0 Å². The number of nitrogens with two attached hydrogens (primary N) is 1. The lowest BCUT2D eigenvalue weighted by Gasteiger charge is -2.32. The van der Waals surface area contributed by atoms with Gasteiger partial charge in [0.05, 0.1) is 0 Å². The van der Waals surface area contributed by atoms with Crippen molar-refractivity contribution in [2.45, 2.75) is 30.8 Å². The Labute approximate surface area is 122 Å². The molecule has 4 atom stereocenters. The molecule has 3 heteroatoms. The first-order valence-electron chi connectivity index (χ1n) is 7.86. The van der Waals surface area contributed by atoms with Crippen LogP contribution in [0.3, 0.4) is 0 Å². The second-order valence-electron chi connectivity index (χ2n) is 6.66. The van der Waals surface area contributed by atoms with E-state index in [0.29, 0.717) is 23.9 Å². The summed E-state index contributed by atoms with van der Waals surface area (Å²) in [5.74, 6) is 1.35. The molecule has 1 aromatic carbocycles. The van der Waals surface area contributed by atoms with Gasteiger partial charge in [-0.25, -0.2) is 0 Å². The van der Waals surface area contributed by atoms with Crippen molar-refractivity contribution in [2.24, 2.45) is 11.7 Å². The van der Waals surface area contributed by atoms with Gasteiger partial charge in [-0.2, -0.15) is 0 Å². The van der Waals surface area contributed by atoms with Crippen molar-refractivity contribution in [3.05, 3.63) is 35.9 Å². The van der Waals surface area contributed by atoms with Crippen LogP contribution in [0.15, 0.2) is 30.3 Å². The predicted molar refractivity (Wildman–Crippen MR) is 83.8 cm³/mol. The summed E-state index contributed by atoms with van der Waals surface area (Å²) >= 11 is 0. The summed E-state index contributed by atoms with van der Waals surface area (Å²) in [4.78, 5) is 4.92. The topological polar surface area (TPSA) is 32.5 Å². The van der Waals surface area contributed by atoms with E-state index in [4.69, 9.17) is 5.73 Å². The fraction of sp³-hybridized carbons (Fsp3) is 0.647. The fourth-order valence-electron chi connectivity index (χ4n) is 3.73. The molecule has 20 heavy (non-hydrogen) atoms. The minimum atomic E-state index is 0.297. The lowest BCUT2D eigenvalue weighted by molar-refractivity contribution is 0.185. The molecule has 3 nitrogen and oxygen atoms in total. The second-order valence-corrected chi connectivity index (χ2v) is 6.66. The summed E-state index contributed by atoms with van der Waals surface area (Å²) in [6.07, 6.45) is 2.52. The summed E-state index contributed by atoms with van der Waals surface area (Å²) in [6.45, 7) is 3.47. The third-order valence-electron chi connectivity index (χ3n) is 5.12. The van der Waals surface area contributed by atoms with Gasteiger partial charge in [-0.05, 0) is 57.4 Å². The molecule has 4 unspecified atom stereocenters. The number of benzene rings is 1. The normalized spacial score (nSPS) is 33.6. The Kier molecular flexibility index (Phi) is 4.11. The van der Waals surface area contributed by atoms with Crippen LogP contribution in [-0.2, 0) is 0 Å². The third-order valence-corrected chi connectivity index (χ3v) is 5.12. The SMILES string of the molecule is CN1CCCN(C)C(C(N)C2CC2c2ccccc2)C1. The van der Waals surface area contributed by atoms with Gasteiger partial charge < -0.3 is 15.5 Å². The second kappa shape index (κ2) is 5.84. The number of hydrogen-bond donors (Lipinski definition) is 1. The Hall–Kier alpha value is -0.900. The quantitative estimate of drug-likeness (QED) is 0.911. The number of rotatable bonds is 3. The summed E-state index contributed by atoms with van der Waals surface area (Å²) in [6, 6.07) is 11.7. The molecule has 1 aliphatic heterocycles. The van der Waals surface area contributed by atoms with Gasteiger partial charge in [0, 0.05) is 18.6 Å². The Bertz CT molecular complexity index is 433. The van der Waals surface area contributed by atoms with Crippen LogP contribution in [0.5, 0.6) is 0 Å². The predicted octanol–water partition coefficient (Wildman–Crippen LogP) is 1.75. The number of nitrogens with zero attached hydrogens (tertiary/aromatic N) is 2. The van der Waals surface area contributed by atoms with Gasteiger partial charge in [0.2, 0.25) is 0 Å². The highest BCUT2D eigenvalue weighted by molar-refractivity contribution is 5.27. The van der Waals surface area contributed by atoms with E-state index in [9.17, 15) is 0 Å². The maximum atomic E-state index is 6.64. The van der Waals surface area contributed by atoms with Crippen LogP contribution in [0.1, 0.15) is 24.3 Å². The summed E-state index contributed by atoms with van der Waals surface area (Å²) in [5.41, 5.74) is 8.11. The van der Waals surface area contributed by atoms with E-state index in [1.807, 2.05) is 0 Å². The zero-order chi connectivity index (χ0) is 14.1. The molecule has 0 bridgehead atoms. The molecule has 0 aromatic heterocycles. The highest BCUT2D eigenvalue weighted by Gasteiger charge is 2.46. The van der Waals surface area contributed by atoms with Gasteiger partial charge >= 0.3 is 0 Å². The van der Waals surface area contributed by atoms with E-state index in [1.54, 1.807) is 0 Å². The standard InChI is InChI=1S/C17H27N3/c1-19-9-6-10-20(2)16(12-19)17(18)15-11-14(15)13-7-4-3-5-8-13/h3-5,7-8,14-17H,6,9-12,18H2,1-2H3. The summed E-state index contributed by atoms with van der Waals surface area (Å²) in [5, 5.41) is 0. The molecule has 1 heterocycles. The summed E-state index contributed by atoms with van der Waals surface area (Å²) < 4.78 is 0. The molecule has 2 fully saturated rings. The monoisotopic (exact) mass is 273 g/mol. The molecule has 0 spiro atoms. The van der Waals surface area contributed by atoms with Crippen LogP contribution < -0.4 is 5.73 Å². The van der Waals surface area contributed by atoms with Crippen LogP contribution in [-0.4, -0.2) is 55.6 Å². The minimum Gasteiger partial charge on any atom is -0.326 e. The van der Waals surface area contributed by atoms with Crippen LogP contribution in [0.4, 0.5) is 0 Å². The van der Waals surface area contributed by atoms with Gasteiger partial charge in [-0.3, -0.25) is 0 Å². The number of hydrogen-bond acceptors (Lipinski definition) is 3. The first kappa shape index (κ1) is 14.1. The summed E-state index contributed by atoms with van der Waals surface area (Å²) in [7, 11) is 4.46. The molecule has 0 amide bonds. The van der Waals surface area contributed by atoms with E-state index >= 15 is 0 Å². The van der Waals surface area contributed by atoms with Crippen molar-refractivity contribution in [1.29, 1.82) is 0 Å². The lowest BCUT2D eigenvalue weighted by atomic mass is 9.99. The molecule has 2 N–H and O–H groups in total. The Morgan fingerprint density at radius 3 is 2.65 bits per heavy atom. The molecule has 1 aliphatic carbocycles. The van der Waals surface area contributed by atoms with Crippen LogP contribution >= 0.6 is 0 Å². The van der Waals surface area contributed by atoms with Gasteiger partial charge in [-0.15, -0.1) is 0 Å². The van der Waals surface area contributed by atoms with Crippen molar-refractivity contribution in [1.82, 2.24) is 9.80 Å². The zero-order valence-corrected chi connectivity index (χ0v) is 12.7. The fourth-order valence-corrected chi connectivity index (χ4v) is 3.73. The smallest absolute Gasteiger partial charge is 0.0374 e. The number of likely N-dealkylation sites (N-methyl/N-ethyl adjacent to an activating group) is 2. The van der Waals surface area contributed by atoms with Crippen molar-refractivity contribution in [3.8, 4) is 0 Å². The Morgan fingerprint density at radius 1 is 1.15 bits per heavy atom. The molecular formula is C17H27N3. The molecule has 110 valence electrons. The highest BCUT2D eigenvalue weighted by atomic mass is 15.2. The Balaban J connectivity index is 1.66. The van der Waals surface area contributed by atoms with Gasteiger partial charge in [0.15, 0.2) is 0 Å². The van der Waals surface area contributed by atoms with Crippen molar-refractivity contribution >= 4 is 0 Å². The minimum absolute atomic E-state index is 0.297. The average molecular weight is 273 g/mol. The Morgan fingerprint density at radius 2 is 1.90 bits per heavy atom. The van der Waals surface area contributed by atoms with Crippen LogP contribution in [0, 0.1) is 5.92 Å². The molecule has 3 rings (SSSR count). The molecule has 1 saturated heterocycles. The maximum Gasteiger partial charge on any atom is 0.0374 e.